The molecule has 2 aromatic carbocycles. The van der Waals surface area contributed by atoms with Crippen LogP contribution in [0.1, 0.15) is 30.4 Å². The maximum Gasteiger partial charge on any atom is 0.220 e. The van der Waals surface area contributed by atoms with E-state index in [9.17, 15) is 4.79 Å². The molecular formula is C22H28N2O. The van der Waals surface area contributed by atoms with Crippen LogP contribution < -0.4 is 10.6 Å². The van der Waals surface area contributed by atoms with Gasteiger partial charge in [0, 0.05) is 19.0 Å². The van der Waals surface area contributed by atoms with Crippen molar-refractivity contribution in [2.24, 2.45) is 5.92 Å². The average molecular weight is 336 g/mol. The number of amides is 1. The van der Waals surface area contributed by atoms with Gasteiger partial charge in [0.2, 0.25) is 5.91 Å². The van der Waals surface area contributed by atoms with Crippen molar-refractivity contribution in [3.05, 3.63) is 71.8 Å². The minimum atomic E-state index is 0.186. The van der Waals surface area contributed by atoms with Crippen LogP contribution >= 0.6 is 0 Å². The smallest absolute Gasteiger partial charge is 0.220 e. The van der Waals surface area contributed by atoms with Crippen LogP contribution in [0.25, 0.3) is 0 Å². The van der Waals surface area contributed by atoms with Gasteiger partial charge in [-0.1, -0.05) is 60.7 Å². The fourth-order valence-corrected chi connectivity index (χ4v) is 3.64. The van der Waals surface area contributed by atoms with Gasteiger partial charge in [0.15, 0.2) is 0 Å². The Morgan fingerprint density at radius 2 is 1.60 bits per heavy atom. The van der Waals surface area contributed by atoms with Crippen molar-refractivity contribution in [1.82, 2.24) is 10.6 Å². The molecule has 25 heavy (non-hydrogen) atoms. The minimum absolute atomic E-state index is 0.186. The average Bonchev–Trinajstić information content (AvgIpc) is 2.64. The highest BCUT2D eigenvalue weighted by molar-refractivity contribution is 5.76. The lowest BCUT2D eigenvalue weighted by molar-refractivity contribution is -0.122. The van der Waals surface area contributed by atoms with Crippen molar-refractivity contribution in [2.75, 3.05) is 13.1 Å². The van der Waals surface area contributed by atoms with E-state index in [1.165, 1.54) is 11.1 Å². The molecule has 0 aromatic heterocycles. The molecule has 0 spiro atoms. The largest absolute Gasteiger partial charge is 0.352 e. The summed E-state index contributed by atoms with van der Waals surface area (Å²) in [4.78, 5) is 12.6. The summed E-state index contributed by atoms with van der Waals surface area (Å²) in [5.74, 6) is 0.506. The molecule has 1 saturated heterocycles. The Bertz CT molecular complexity index is 594. The SMILES string of the molecule is O=C(CC(Cc1ccccc1)Cc1ccccc1)NC1CCCNC1. The van der Waals surface area contributed by atoms with Crippen molar-refractivity contribution in [1.29, 1.82) is 0 Å². The molecule has 3 rings (SSSR count). The summed E-state index contributed by atoms with van der Waals surface area (Å²) < 4.78 is 0. The third-order valence-corrected chi connectivity index (χ3v) is 4.87. The molecule has 2 aromatic rings. The van der Waals surface area contributed by atoms with E-state index in [1.54, 1.807) is 0 Å². The highest BCUT2D eigenvalue weighted by atomic mass is 16.1. The zero-order chi connectivity index (χ0) is 17.3. The number of carbonyl (C=O) groups is 1. The Hall–Kier alpha value is -2.13. The fourth-order valence-electron chi connectivity index (χ4n) is 3.64. The summed E-state index contributed by atoms with van der Waals surface area (Å²) in [6.07, 6.45) is 4.68. The third-order valence-electron chi connectivity index (χ3n) is 4.87. The van der Waals surface area contributed by atoms with E-state index in [0.717, 1.165) is 38.8 Å². The van der Waals surface area contributed by atoms with E-state index in [1.807, 2.05) is 12.1 Å². The van der Waals surface area contributed by atoms with E-state index >= 15 is 0 Å². The number of hydrogen-bond acceptors (Lipinski definition) is 2. The maximum atomic E-state index is 12.6. The van der Waals surface area contributed by atoms with Crippen molar-refractivity contribution in [2.45, 2.75) is 38.1 Å². The van der Waals surface area contributed by atoms with Gasteiger partial charge in [0.1, 0.15) is 0 Å². The second kappa shape index (κ2) is 9.38. The summed E-state index contributed by atoms with van der Waals surface area (Å²) in [5.41, 5.74) is 2.60. The molecule has 1 unspecified atom stereocenters. The van der Waals surface area contributed by atoms with E-state index in [0.29, 0.717) is 12.3 Å². The number of benzene rings is 2. The third kappa shape index (κ3) is 6.02. The molecule has 1 aliphatic heterocycles. The van der Waals surface area contributed by atoms with Gasteiger partial charge in [-0.3, -0.25) is 4.79 Å². The van der Waals surface area contributed by atoms with Crippen LogP contribution in [0.2, 0.25) is 0 Å². The van der Waals surface area contributed by atoms with E-state index in [-0.39, 0.29) is 11.9 Å². The van der Waals surface area contributed by atoms with Gasteiger partial charge < -0.3 is 10.6 Å². The molecule has 0 radical (unpaired) electrons. The zero-order valence-corrected chi connectivity index (χ0v) is 14.8. The fraction of sp³-hybridized carbons (Fsp3) is 0.409. The normalized spacial score (nSPS) is 17.4. The molecule has 3 heteroatoms. The van der Waals surface area contributed by atoms with Crippen LogP contribution in [0.3, 0.4) is 0 Å². The molecule has 3 nitrogen and oxygen atoms in total. The molecule has 1 aliphatic rings. The monoisotopic (exact) mass is 336 g/mol. The van der Waals surface area contributed by atoms with E-state index < -0.39 is 0 Å². The Labute approximate surface area is 150 Å². The number of piperidine rings is 1. The number of nitrogens with one attached hydrogen (secondary N) is 2. The first-order valence-electron chi connectivity index (χ1n) is 9.37. The highest BCUT2D eigenvalue weighted by Crippen LogP contribution is 2.18. The lowest BCUT2D eigenvalue weighted by atomic mass is 9.89. The van der Waals surface area contributed by atoms with Gasteiger partial charge in [-0.05, 0) is 49.3 Å². The molecule has 1 atom stereocenters. The first-order chi connectivity index (χ1) is 12.3. The predicted molar refractivity (Wildman–Crippen MR) is 102 cm³/mol. The molecular weight excluding hydrogens is 308 g/mol. The number of carbonyl (C=O) groups excluding carboxylic acids is 1. The Balaban J connectivity index is 1.61. The van der Waals surface area contributed by atoms with Gasteiger partial charge in [0.25, 0.3) is 0 Å². The van der Waals surface area contributed by atoms with Crippen LogP contribution in [0.5, 0.6) is 0 Å². The molecule has 2 N–H and O–H groups in total. The molecule has 0 bridgehead atoms. The van der Waals surface area contributed by atoms with Crippen molar-refractivity contribution < 1.29 is 4.79 Å². The quantitative estimate of drug-likeness (QED) is 0.814. The topological polar surface area (TPSA) is 41.1 Å². The minimum Gasteiger partial charge on any atom is -0.352 e. The Morgan fingerprint density at radius 1 is 1.00 bits per heavy atom. The second-order valence-corrected chi connectivity index (χ2v) is 7.06. The molecule has 1 fully saturated rings. The molecule has 1 heterocycles. The van der Waals surface area contributed by atoms with E-state index in [4.69, 9.17) is 0 Å². The molecule has 132 valence electrons. The lowest BCUT2D eigenvalue weighted by Gasteiger charge is -2.25. The second-order valence-electron chi connectivity index (χ2n) is 7.06. The van der Waals surface area contributed by atoms with Crippen molar-refractivity contribution in [3.63, 3.8) is 0 Å². The standard InChI is InChI=1S/C22H28N2O/c25-22(24-21-12-7-13-23-17-21)16-20(14-18-8-3-1-4-9-18)15-19-10-5-2-6-11-19/h1-6,8-11,20-21,23H,7,12-17H2,(H,24,25). The van der Waals surface area contributed by atoms with Crippen molar-refractivity contribution >= 4 is 5.91 Å². The van der Waals surface area contributed by atoms with Gasteiger partial charge in [-0.2, -0.15) is 0 Å². The van der Waals surface area contributed by atoms with Crippen LogP contribution in [0, 0.1) is 5.92 Å². The van der Waals surface area contributed by atoms with Gasteiger partial charge >= 0.3 is 0 Å². The van der Waals surface area contributed by atoms with Crippen LogP contribution in [0.4, 0.5) is 0 Å². The molecule has 0 aliphatic carbocycles. The highest BCUT2D eigenvalue weighted by Gasteiger charge is 2.19. The summed E-state index contributed by atoms with van der Waals surface area (Å²) in [7, 11) is 0. The maximum absolute atomic E-state index is 12.6. The van der Waals surface area contributed by atoms with Gasteiger partial charge in [-0.15, -0.1) is 0 Å². The Morgan fingerprint density at radius 3 is 2.12 bits per heavy atom. The first kappa shape index (κ1) is 17.7. The summed E-state index contributed by atoms with van der Waals surface area (Å²) in [5, 5.41) is 6.58. The summed E-state index contributed by atoms with van der Waals surface area (Å²) >= 11 is 0. The number of rotatable bonds is 7. The zero-order valence-electron chi connectivity index (χ0n) is 14.8. The number of hydrogen-bond donors (Lipinski definition) is 2. The van der Waals surface area contributed by atoms with Crippen molar-refractivity contribution in [3.8, 4) is 0 Å². The van der Waals surface area contributed by atoms with Crippen LogP contribution in [0.15, 0.2) is 60.7 Å². The summed E-state index contributed by atoms with van der Waals surface area (Å²) in [6.45, 7) is 1.96. The van der Waals surface area contributed by atoms with E-state index in [2.05, 4.69) is 59.2 Å². The van der Waals surface area contributed by atoms with Crippen LogP contribution in [-0.2, 0) is 17.6 Å². The molecule has 0 saturated carbocycles. The van der Waals surface area contributed by atoms with Gasteiger partial charge in [0.05, 0.1) is 0 Å². The van der Waals surface area contributed by atoms with Crippen LogP contribution in [-0.4, -0.2) is 25.0 Å². The lowest BCUT2D eigenvalue weighted by Crippen LogP contribution is -2.46. The molecule has 1 amide bonds. The summed E-state index contributed by atoms with van der Waals surface area (Å²) in [6, 6.07) is 21.3. The Kier molecular flexibility index (Phi) is 6.63. The van der Waals surface area contributed by atoms with Gasteiger partial charge in [-0.25, -0.2) is 0 Å². The predicted octanol–water partition coefficient (Wildman–Crippen LogP) is 3.35. The first-order valence-corrected chi connectivity index (χ1v) is 9.37.